The van der Waals surface area contributed by atoms with Crippen LogP contribution in [0.1, 0.15) is 303 Å². The summed E-state index contributed by atoms with van der Waals surface area (Å²) < 4.78 is 17.0. The van der Waals surface area contributed by atoms with E-state index in [4.69, 9.17) is 14.2 Å². The highest BCUT2D eigenvalue weighted by Crippen LogP contribution is 2.16. The molecule has 0 aliphatic rings. The highest BCUT2D eigenvalue weighted by atomic mass is 16.6. The molecule has 65 heavy (non-hydrogen) atoms. The fourth-order valence-electron chi connectivity index (χ4n) is 8.28. The summed E-state index contributed by atoms with van der Waals surface area (Å²) in [4.78, 5) is 37.9. The Kier molecular flexibility index (Phi) is 52.3. The molecule has 0 N–H and O–H groups in total. The first-order valence-electron chi connectivity index (χ1n) is 28.5. The number of hydrogen-bond donors (Lipinski definition) is 0. The third-order valence-corrected chi connectivity index (χ3v) is 12.6. The van der Waals surface area contributed by atoms with Crippen molar-refractivity contribution in [2.75, 3.05) is 13.2 Å². The summed E-state index contributed by atoms with van der Waals surface area (Å²) >= 11 is 0. The second kappa shape index (κ2) is 54.2. The lowest BCUT2D eigenvalue weighted by Gasteiger charge is -2.18. The fourth-order valence-corrected chi connectivity index (χ4v) is 8.28. The van der Waals surface area contributed by atoms with Crippen molar-refractivity contribution in [1.29, 1.82) is 0 Å². The molecule has 0 saturated heterocycles. The van der Waals surface area contributed by atoms with Gasteiger partial charge in [0.15, 0.2) is 0 Å². The predicted molar refractivity (Wildman–Crippen MR) is 279 cm³/mol. The number of ether oxygens (including phenoxy) is 3. The molecular weight excluding hydrogens is 805 g/mol. The molecule has 0 saturated carbocycles. The lowest BCUT2D eigenvalue weighted by Crippen LogP contribution is -2.23. The average Bonchev–Trinajstić information content (AvgIpc) is 3.30. The quantitative estimate of drug-likeness (QED) is 0.0262. The van der Waals surface area contributed by atoms with E-state index in [0.29, 0.717) is 32.1 Å². The second-order valence-corrected chi connectivity index (χ2v) is 19.1. The fraction of sp³-hybridized carbons (Fsp3) is 0.847. The van der Waals surface area contributed by atoms with Crippen LogP contribution >= 0.6 is 0 Å². The molecule has 6 nitrogen and oxygen atoms in total. The molecule has 0 unspecified atom stereocenters. The molecule has 0 radical (unpaired) electrons. The van der Waals surface area contributed by atoms with Crippen LogP contribution in [0.15, 0.2) is 36.5 Å². The maximum Gasteiger partial charge on any atom is 0.306 e. The van der Waals surface area contributed by atoms with Crippen LogP contribution in [0.5, 0.6) is 0 Å². The van der Waals surface area contributed by atoms with Gasteiger partial charge in [-0.15, -0.1) is 0 Å². The van der Waals surface area contributed by atoms with Crippen molar-refractivity contribution < 1.29 is 28.6 Å². The van der Waals surface area contributed by atoms with Crippen molar-refractivity contribution in [3.8, 4) is 0 Å². The Bertz CT molecular complexity index is 1040. The summed E-state index contributed by atoms with van der Waals surface area (Å²) in [6.07, 6.45) is 63.3. The first-order valence-corrected chi connectivity index (χ1v) is 28.5. The number of hydrogen-bond acceptors (Lipinski definition) is 6. The number of esters is 3. The van der Waals surface area contributed by atoms with Crippen molar-refractivity contribution in [3.05, 3.63) is 36.5 Å². The van der Waals surface area contributed by atoms with Gasteiger partial charge in [-0.1, -0.05) is 211 Å². The molecule has 0 aromatic heterocycles. The Balaban J connectivity index is 4.37. The van der Waals surface area contributed by atoms with E-state index in [1.165, 1.54) is 173 Å². The molecule has 0 bridgehead atoms. The maximum absolute atomic E-state index is 12.9. The van der Waals surface area contributed by atoms with E-state index in [-0.39, 0.29) is 31.1 Å². The van der Waals surface area contributed by atoms with Crippen molar-refractivity contribution in [2.24, 2.45) is 0 Å². The lowest BCUT2D eigenvalue weighted by molar-refractivity contribution is -0.153. The van der Waals surface area contributed by atoms with Gasteiger partial charge in [0.25, 0.3) is 0 Å². The summed E-state index contributed by atoms with van der Waals surface area (Å²) in [5, 5.41) is 0. The van der Waals surface area contributed by atoms with Gasteiger partial charge in [0.05, 0.1) is 13.2 Å². The Morgan fingerprint density at radius 3 is 0.815 bits per heavy atom. The van der Waals surface area contributed by atoms with Crippen LogP contribution in [0.2, 0.25) is 0 Å². The minimum Gasteiger partial charge on any atom is -0.466 e. The first kappa shape index (κ1) is 62.6. The Morgan fingerprint density at radius 1 is 0.308 bits per heavy atom. The van der Waals surface area contributed by atoms with Crippen molar-refractivity contribution >= 4 is 17.9 Å². The third-order valence-electron chi connectivity index (χ3n) is 12.6. The van der Waals surface area contributed by atoms with Crippen molar-refractivity contribution in [3.63, 3.8) is 0 Å². The van der Waals surface area contributed by atoms with Gasteiger partial charge in [-0.25, -0.2) is 0 Å². The highest BCUT2D eigenvalue weighted by Gasteiger charge is 2.17. The van der Waals surface area contributed by atoms with E-state index in [9.17, 15) is 14.4 Å². The van der Waals surface area contributed by atoms with Crippen molar-refractivity contribution in [1.82, 2.24) is 0 Å². The minimum absolute atomic E-state index is 0.188. The predicted octanol–water partition coefficient (Wildman–Crippen LogP) is 18.9. The van der Waals surface area contributed by atoms with Crippen LogP contribution < -0.4 is 0 Å². The summed E-state index contributed by atoms with van der Waals surface area (Å²) in [7, 11) is 0. The van der Waals surface area contributed by atoms with E-state index in [1.54, 1.807) is 0 Å². The largest absolute Gasteiger partial charge is 0.466 e. The molecule has 0 heterocycles. The third kappa shape index (κ3) is 52.5. The van der Waals surface area contributed by atoms with E-state index >= 15 is 0 Å². The van der Waals surface area contributed by atoms with Gasteiger partial charge in [0, 0.05) is 32.1 Å². The second-order valence-electron chi connectivity index (χ2n) is 19.1. The lowest BCUT2D eigenvalue weighted by atomic mass is 10.1. The van der Waals surface area contributed by atoms with Gasteiger partial charge >= 0.3 is 17.9 Å². The van der Waals surface area contributed by atoms with Gasteiger partial charge in [-0.3, -0.25) is 14.4 Å². The molecule has 0 atom stereocenters. The molecule has 6 heteroatoms. The normalized spacial score (nSPS) is 11.8. The number of unbranched alkanes of at least 4 members (excludes halogenated alkanes) is 33. The first-order chi connectivity index (χ1) is 32.0. The molecule has 0 aromatic carbocycles. The summed E-state index contributed by atoms with van der Waals surface area (Å²) in [6.45, 7) is 7.21. The van der Waals surface area contributed by atoms with Crippen LogP contribution in [0.4, 0.5) is 0 Å². The number of carbonyl (C=O) groups excluding carboxylic acids is 3. The standard InChI is InChI=1S/C59H108O6/c1-4-7-10-13-16-19-22-25-28-31-34-37-40-43-46-49-57(60)63-54-52-56(65-59(62)51-48-45-42-39-36-33-30-27-24-21-18-15-12-9-6-3)53-55-64-58(61)50-47-44-41-38-35-32-29-26-23-20-17-14-11-8-5-2/h25-30,56H,4-24,31-55H2,1-3H3/b28-25-,29-26-,30-27-. The van der Waals surface area contributed by atoms with E-state index in [1.807, 2.05) is 0 Å². The van der Waals surface area contributed by atoms with E-state index in [2.05, 4.69) is 57.2 Å². The molecule has 0 aliphatic carbocycles. The number of carbonyl (C=O) groups is 3. The smallest absolute Gasteiger partial charge is 0.306 e. The van der Waals surface area contributed by atoms with E-state index < -0.39 is 6.10 Å². The van der Waals surface area contributed by atoms with Crippen LogP contribution in [-0.2, 0) is 28.6 Å². The van der Waals surface area contributed by atoms with Crippen molar-refractivity contribution in [2.45, 2.75) is 309 Å². The number of rotatable bonds is 52. The Labute approximate surface area is 404 Å². The molecule has 0 amide bonds. The van der Waals surface area contributed by atoms with Gasteiger partial charge in [0.1, 0.15) is 6.10 Å². The SMILES string of the molecule is CCCCCCCC/C=C\CCCCCCCC(=O)OCCC(CCOC(=O)CCCCCCC/C=C\CCCCCCCC)OC(=O)CCCCCCC/C=C\CCCCCCCC. The monoisotopic (exact) mass is 913 g/mol. The molecule has 0 spiro atoms. The summed E-state index contributed by atoms with van der Waals surface area (Å²) in [6, 6.07) is 0. The molecule has 0 aliphatic heterocycles. The van der Waals surface area contributed by atoms with Gasteiger partial charge in [-0.05, 0) is 96.3 Å². The van der Waals surface area contributed by atoms with Gasteiger partial charge in [-0.2, -0.15) is 0 Å². The molecule has 0 aromatic rings. The molecule has 0 fully saturated rings. The Morgan fingerprint density at radius 2 is 0.538 bits per heavy atom. The van der Waals surface area contributed by atoms with Crippen LogP contribution in [0, 0.1) is 0 Å². The summed E-state index contributed by atoms with van der Waals surface area (Å²) in [5.41, 5.74) is 0. The van der Waals surface area contributed by atoms with Crippen LogP contribution in [0.25, 0.3) is 0 Å². The molecule has 0 rings (SSSR count). The zero-order valence-electron chi connectivity index (χ0n) is 43.5. The number of allylic oxidation sites excluding steroid dienone is 6. The maximum atomic E-state index is 12.9. The minimum atomic E-state index is -0.439. The van der Waals surface area contributed by atoms with Crippen LogP contribution in [-0.4, -0.2) is 37.2 Å². The average molecular weight is 914 g/mol. The van der Waals surface area contributed by atoms with E-state index in [0.717, 1.165) is 77.0 Å². The Hall–Kier alpha value is -2.37. The van der Waals surface area contributed by atoms with Gasteiger partial charge < -0.3 is 14.2 Å². The van der Waals surface area contributed by atoms with Crippen LogP contribution in [0.3, 0.4) is 0 Å². The van der Waals surface area contributed by atoms with Gasteiger partial charge in [0.2, 0.25) is 0 Å². The molecular formula is C59H108O6. The highest BCUT2D eigenvalue weighted by molar-refractivity contribution is 5.70. The zero-order valence-corrected chi connectivity index (χ0v) is 43.5. The summed E-state index contributed by atoms with van der Waals surface area (Å²) in [5.74, 6) is -0.591. The zero-order chi connectivity index (χ0) is 47.2. The molecule has 380 valence electrons. The topological polar surface area (TPSA) is 78.9 Å².